The van der Waals surface area contributed by atoms with E-state index in [1.54, 1.807) is 0 Å². The van der Waals surface area contributed by atoms with Crippen molar-refractivity contribution in [1.29, 1.82) is 0 Å². The Hall–Kier alpha value is -0.300. The van der Waals surface area contributed by atoms with Crippen molar-refractivity contribution in [3.8, 4) is 0 Å². The fraction of sp³-hybridized carbons (Fsp3) is 0.867. The normalized spacial score (nSPS) is 44.6. The van der Waals surface area contributed by atoms with Crippen molar-refractivity contribution in [3.63, 3.8) is 0 Å². The van der Waals surface area contributed by atoms with Gasteiger partial charge in [0.1, 0.15) is 0 Å². The first-order valence-electron chi connectivity index (χ1n) is 6.81. The number of allylic oxidation sites excluding steroid dienone is 1. The summed E-state index contributed by atoms with van der Waals surface area (Å²) in [5.74, 6) is 2.74. The van der Waals surface area contributed by atoms with Crippen LogP contribution in [0, 0.1) is 23.7 Å². The monoisotopic (exact) mass is 222 g/mol. The molecule has 0 saturated heterocycles. The van der Waals surface area contributed by atoms with Crippen LogP contribution in [0.1, 0.15) is 52.9 Å². The summed E-state index contributed by atoms with van der Waals surface area (Å²) in [7, 11) is 0. The second-order valence-electron chi connectivity index (χ2n) is 6.57. The van der Waals surface area contributed by atoms with Crippen LogP contribution in [0.3, 0.4) is 0 Å². The third-order valence-corrected chi connectivity index (χ3v) is 5.04. The van der Waals surface area contributed by atoms with E-state index in [0.717, 1.165) is 37.5 Å². The van der Waals surface area contributed by atoms with Crippen LogP contribution in [-0.4, -0.2) is 10.7 Å². The van der Waals surface area contributed by atoms with Gasteiger partial charge in [0.15, 0.2) is 0 Å². The Morgan fingerprint density at radius 3 is 2.69 bits per heavy atom. The number of aliphatic hydroxyl groups is 1. The van der Waals surface area contributed by atoms with Crippen molar-refractivity contribution in [1.82, 2.24) is 0 Å². The lowest BCUT2D eigenvalue weighted by atomic mass is 9.57. The van der Waals surface area contributed by atoms with Gasteiger partial charge in [0.05, 0.1) is 5.60 Å². The maximum Gasteiger partial charge on any atom is 0.0650 e. The van der Waals surface area contributed by atoms with E-state index in [4.69, 9.17) is 0 Å². The minimum atomic E-state index is -0.420. The Bertz CT molecular complexity index is 277. The molecule has 1 heteroatoms. The fourth-order valence-electron chi connectivity index (χ4n) is 4.06. The summed E-state index contributed by atoms with van der Waals surface area (Å²) in [5, 5.41) is 10.5. The largest absolute Gasteiger partial charge is 0.390 e. The number of hydrogen-bond donors (Lipinski definition) is 1. The van der Waals surface area contributed by atoms with Gasteiger partial charge in [0.2, 0.25) is 0 Å². The van der Waals surface area contributed by atoms with Crippen LogP contribution in [0.4, 0.5) is 0 Å². The van der Waals surface area contributed by atoms with Gasteiger partial charge < -0.3 is 5.11 Å². The second kappa shape index (κ2) is 4.18. The molecule has 0 aliphatic heterocycles. The lowest BCUT2D eigenvalue weighted by Crippen LogP contribution is -2.49. The van der Waals surface area contributed by atoms with Gasteiger partial charge in [-0.15, -0.1) is 0 Å². The smallest absolute Gasteiger partial charge is 0.0650 e. The van der Waals surface area contributed by atoms with E-state index in [9.17, 15) is 5.11 Å². The van der Waals surface area contributed by atoms with Gasteiger partial charge in [0, 0.05) is 0 Å². The summed E-state index contributed by atoms with van der Waals surface area (Å²) in [6, 6.07) is 0. The van der Waals surface area contributed by atoms with Gasteiger partial charge in [-0.05, 0) is 62.7 Å². The summed E-state index contributed by atoms with van der Waals surface area (Å²) < 4.78 is 0. The highest BCUT2D eigenvalue weighted by atomic mass is 16.3. The van der Waals surface area contributed by atoms with Crippen LogP contribution in [0.2, 0.25) is 0 Å². The molecule has 0 heterocycles. The van der Waals surface area contributed by atoms with E-state index < -0.39 is 5.60 Å². The van der Waals surface area contributed by atoms with E-state index >= 15 is 0 Å². The van der Waals surface area contributed by atoms with Crippen LogP contribution < -0.4 is 0 Å². The van der Waals surface area contributed by atoms with Crippen LogP contribution in [0.15, 0.2) is 12.2 Å². The fourth-order valence-corrected chi connectivity index (χ4v) is 4.06. The van der Waals surface area contributed by atoms with Crippen LogP contribution in [0.5, 0.6) is 0 Å². The first kappa shape index (κ1) is 12.2. The molecular weight excluding hydrogens is 196 g/mol. The molecule has 2 rings (SSSR count). The molecular formula is C15H26O. The zero-order chi connectivity index (χ0) is 11.9. The molecule has 0 aromatic rings. The highest BCUT2D eigenvalue weighted by molar-refractivity contribution is 5.08. The van der Waals surface area contributed by atoms with Gasteiger partial charge in [-0.2, -0.15) is 0 Å². The lowest BCUT2D eigenvalue weighted by Gasteiger charge is -2.51. The molecule has 1 N–H and O–H groups in total. The van der Waals surface area contributed by atoms with Crippen molar-refractivity contribution in [2.75, 3.05) is 0 Å². The first-order valence-corrected chi connectivity index (χ1v) is 6.81. The van der Waals surface area contributed by atoms with Crippen LogP contribution in [0.25, 0.3) is 0 Å². The molecule has 92 valence electrons. The summed E-state index contributed by atoms with van der Waals surface area (Å²) in [6.45, 7) is 10.9. The highest BCUT2D eigenvalue weighted by Gasteiger charge is 2.47. The van der Waals surface area contributed by atoms with Crippen molar-refractivity contribution < 1.29 is 5.11 Å². The van der Waals surface area contributed by atoms with Gasteiger partial charge >= 0.3 is 0 Å². The quantitative estimate of drug-likeness (QED) is 0.669. The molecule has 0 amide bonds. The van der Waals surface area contributed by atoms with Gasteiger partial charge in [-0.1, -0.05) is 26.0 Å². The topological polar surface area (TPSA) is 20.2 Å². The van der Waals surface area contributed by atoms with Gasteiger partial charge in [-0.3, -0.25) is 0 Å². The average Bonchev–Trinajstić information content (AvgIpc) is 2.16. The van der Waals surface area contributed by atoms with E-state index in [1.165, 1.54) is 12.0 Å². The maximum absolute atomic E-state index is 10.5. The Morgan fingerprint density at radius 2 is 2.06 bits per heavy atom. The summed E-state index contributed by atoms with van der Waals surface area (Å²) in [4.78, 5) is 0. The summed E-state index contributed by atoms with van der Waals surface area (Å²) >= 11 is 0. The molecule has 4 atom stereocenters. The van der Waals surface area contributed by atoms with Gasteiger partial charge in [-0.25, -0.2) is 0 Å². The minimum Gasteiger partial charge on any atom is -0.390 e. The molecule has 0 aromatic heterocycles. The standard InChI is InChI=1S/C15H26O/c1-10(2)12-7-8-15(4,16)14-6-5-11(3)9-13(12)14/h10,12-14,16H,3,5-9H2,1-2,4H3/t12-,13-,14-,15+/m1/s1. The maximum atomic E-state index is 10.5. The molecule has 0 aromatic carbocycles. The van der Waals surface area contributed by atoms with E-state index in [2.05, 4.69) is 27.4 Å². The summed E-state index contributed by atoms with van der Waals surface area (Å²) in [5.41, 5.74) is 0.987. The van der Waals surface area contributed by atoms with Crippen LogP contribution in [-0.2, 0) is 0 Å². The molecule has 16 heavy (non-hydrogen) atoms. The molecule has 2 aliphatic rings. The SMILES string of the molecule is C=C1CC[C@@H]2[C@H](C1)[C@@H](C(C)C)CC[C@]2(C)O. The zero-order valence-corrected chi connectivity index (χ0v) is 11.0. The molecule has 0 radical (unpaired) electrons. The van der Waals surface area contributed by atoms with E-state index in [-0.39, 0.29) is 0 Å². The predicted octanol–water partition coefficient (Wildman–Crippen LogP) is 3.78. The number of rotatable bonds is 1. The first-order chi connectivity index (χ1) is 7.42. The Kier molecular flexibility index (Phi) is 3.18. The second-order valence-corrected chi connectivity index (χ2v) is 6.57. The average molecular weight is 222 g/mol. The lowest BCUT2D eigenvalue weighted by molar-refractivity contribution is -0.0963. The minimum absolute atomic E-state index is 0.420. The molecule has 2 aliphatic carbocycles. The Morgan fingerprint density at radius 1 is 1.38 bits per heavy atom. The number of hydrogen-bond acceptors (Lipinski definition) is 1. The van der Waals surface area contributed by atoms with E-state index in [0.29, 0.717) is 11.8 Å². The third-order valence-electron chi connectivity index (χ3n) is 5.04. The molecule has 0 spiro atoms. The molecule has 2 fully saturated rings. The van der Waals surface area contributed by atoms with Crippen molar-refractivity contribution in [3.05, 3.63) is 12.2 Å². The Labute approximate surface area is 99.9 Å². The van der Waals surface area contributed by atoms with Gasteiger partial charge in [0.25, 0.3) is 0 Å². The summed E-state index contributed by atoms with van der Waals surface area (Å²) in [6.07, 6.45) is 5.62. The van der Waals surface area contributed by atoms with Crippen molar-refractivity contribution >= 4 is 0 Å². The third kappa shape index (κ3) is 2.07. The molecule has 0 bridgehead atoms. The highest BCUT2D eigenvalue weighted by Crippen LogP contribution is 2.51. The molecule has 0 unspecified atom stereocenters. The molecule has 1 nitrogen and oxygen atoms in total. The van der Waals surface area contributed by atoms with E-state index in [1.807, 2.05) is 0 Å². The molecule has 2 saturated carbocycles. The predicted molar refractivity (Wildman–Crippen MR) is 68.2 cm³/mol. The van der Waals surface area contributed by atoms with Crippen molar-refractivity contribution in [2.24, 2.45) is 23.7 Å². The van der Waals surface area contributed by atoms with Crippen molar-refractivity contribution in [2.45, 2.75) is 58.5 Å². The number of fused-ring (bicyclic) bond motifs is 1. The van der Waals surface area contributed by atoms with Crippen LogP contribution >= 0.6 is 0 Å². The Balaban J connectivity index is 2.21. The zero-order valence-electron chi connectivity index (χ0n) is 11.0.